The number of aryl methyl sites for hydroxylation is 1. The zero-order valence-electron chi connectivity index (χ0n) is 20.3. The highest BCUT2D eigenvalue weighted by Crippen LogP contribution is 2.18. The number of hydrogen-bond donors (Lipinski definition) is 1. The molecule has 2 heterocycles. The third kappa shape index (κ3) is 7.74. The maximum atomic E-state index is 4.62. The summed E-state index contributed by atoms with van der Waals surface area (Å²) in [4.78, 5) is 11.8. The topological polar surface area (TPSA) is 51.9 Å². The monoisotopic (exact) mass is 553 g/mol. The number of nitrogens with zero attached hydrogens (tertiary/aromatic N) is 6. The smallest absolute Gasteiger partial charge is 0.193 e. The second-order valence-electron chi connectivity index (χ2n) is 8.80. The first-order valence-electron chi connectivity index (χ1n) is 11.4. The lowest BCUT2D eigenvalue weighted by Crippen LogP contribution is -2.49. The molecular formula is C24H40IN7. The first kappa shape index (κ1) is 26.6. The van der Waals surface area contributed by atoms with Gasteiger partial charge in [-0.15, -0.1) is 24.0 Å². The molecule has 3 rings (SSSR count). The number of guanidine groups is 1. The van der Waals surface area contributed by atoms with E-state index in [1.165, 1.54) is 11.1 Å². The van der Waals surface area contributed by atoms with Crippen molar-refractivity contribution in [1.82, 2.24) is 29.8 Å². The lowest BCUT2D eigenvalue weighted by atomic mass is 10.1. The molecule has 0 amide bonds. The molecule has 0 aliphatic carbocycles. The van der Waals surface area contributed by atoms with Gasteiger partial charge < -0.3 is 10.2 Å². The van der Waals surface area contributed by atoms with Crippen molar-refractivity contribution in [1.29, 1.82) is 0 Å². The predicted octanol–water partition coefficient (Wildman–Crippen LogP) is 2.99. The van der Waals surface area contributed by atoms with Crippen LogP contribution < -0.4 is 5.32 Å². The summed E-state index contributed by atoms with van der Waals surface area (Å²) in [6.45, 7) is 12.7. The standard InChI is InChI=1S/C24H39N7.HI/c1-20(2)23-22(19-29(5)27-23)18-28(4)24(25-3)26-11-12-30-13-15-31(16-14-30)17-21-9-7-6-8-10-21;/h6-10,19-20H,11-18H2,1-5H3,(H,25,26);1H. The summed E-state index contributed by atoms with van der Waals surface area (Å²) < 4.78 is 1.91. The van der Waals surface area contributed by atoms with Crippen LogP contribution in [-0.4, -0.2) is 83.8 Å². The van der Waals surface area contributed by atoms with Gasteiger partial charge >= 0.3 is 0 Å². The van der Waals surface area contributed by atoms with Gasteiger partial charge in [0, 0.05) is 85.3 Å². The van der Waals surface area contributed by atoms with Crippen LogP contribution in [0.25, 0.3) is 0 Å². The molecule has 1 fully saturated rings. The highest BCUT2D eigenvalue weighted by molar-refractivity contribution is 14.0. The zero-order valence-corrected chi connectivity index (χ0v) is 22.6. The molecule has 1 aromatic carbocycles. The molecule has 0 saturated carbocycles. The SMILES string of the molecule is CN=C(NCCN1CCN(Cc2ccccc2)CC1)N(C)Cc1cn(C)nc1C(C)C.I. The van der Waals surface area contributed by atoms with Gasteiger partial charge in [-0.2, -0.15) is 5.10 Å². The number of piperazine rings is 1. The normalized spacial score (nSPS) is 15.6. The molecule has 7 nitrogen and oxygen atoms in total. The van der Waals surface area contributed by atoms with E-state index in [2.05, 4.69) is 87.5 Å². The molecule has 8 heteroatoms. The van der Waals surface area contributed by atoms with Crippen molar-refractivity contribution in [2.24, 2.45) is 12.0 Å². The van der Waals surface area contributed by atoms with Gasteiger partial charge in [0.2, 0.25) is 0 Å². The Morgan fingerprint density at radius 2 is 1.78 bits per heavy atom. The van der Waals surface area contributed by atoms with E-state index in [0.717, 1.165) is 64.0 Å². The summed E-state index contributed by atoms with van der Waals surface area (Å²) in [6, 6.07) is 10.8. The van der Waals surface area contributed by atoms with Gasteiger partial charge in [-0.1, -0.05) is 44.2 Å². The largest absolute Gasteiger partial charge is 0.355 e. The van der Waals surface area contributed by atoms with Gasteiger partial charge in [-0.05, 0) is 11.5 Å². The van der Waals surface area contributed by atoms with Crippen LogP contribution in [0.1, 0.15) is 36.6 Å². The summed E-state index contributed by atoms with van der Waals surface area (Å²) in [5.41, 5.74) is 3.83. The van der Waals surface area contributed by atoms with Crippen LogP contribution in [0.4, 0.5) is 0 Å². The fraction of sp³-hybridized carbons (Fsp3) is 0.583. The van der Waals surface area contributed by atoms with Crippen LogP contribution in [0.5, 0.6) is 0 Å². The van der Waals surface area contributed by atoms with Crippen LogP contribution in [0.15, 0.2) is 41.5 Å². The molecule has 0 spiro atoms. The summed E-state index contributed by atoms with van der Waals surface area (Å²) >= 11 is 0. The minimum absolute atomic E-state index is 0. The maximum Gasteiger partial charge on any atom is 0.193 e. The lowest BCUT2D eigenvalue weighted by molar-refractivity contribution is 0.128. The maximum absolute atomic E-state index is 4.62. The highest BCUT2D eigenvalue weighted by Gasteiger charge is 2.18. The summed E-state index contributed by atoms with van der Waals surface area (Å²) in [5, 5.41) is 8.16. The molecule has 1 N–H and O–H groups in total. The average molecular weight is 554 g/mol. The molecule has 1 aromatic heterocycles. The van der Waals surface area contributed by atoms with Gasteiger partial charge in [0.05, 0.1) is 5.69 Å². The van der Waals surface area contributed by atoms with Gasteiger partial charge in [-0.3, -0.25) is 19.5 Å². The van der Waals surface area contributed by atoms with Crippen molar-refractivity contribution >= 4 is 29.9 Å². The molecule has 32 heavy (non-hydrogen) atoms. The van der Waals surface area contributed by atoms with Crippen molar-refractivity contribution in [3.8, 4) is 0 Å². The molecule has 0 bridgehead atoms. The molecular weight excluding hydrogens is 513 g/mol. The molecule has 1 aliphatic rings. The van der Waals surface area contributed by atoms with E-state index in [0.29, 0.717) is 5.92 Å². The number of aromatic nitrogens is 2. The Balaban J connectivity index is 0.00000363. The highest BCUT2D eigenvalue weighted by atomic mass is 127. The summed E-state index contributed by atoms with van der Waals surface area (Å²) in [6.07, 6.45) is 2.12. The van der Waals surface area contributed by atoms with E-state index >= 15 is 0 Å². The first-order valence-corrected chi connectivity index (χ1v) is 11.4. The zero-order chi connectivity index (χ0) is 22.2. The van der Waals surface area contributed by atoms with E-state index in [9.17, 15) is 0 Å². The number of rotatable bonds is 8. The molecule has 0 radical (unpaired) electrons. The van der Waals surface area contributed by atoms with Gasteiger partial charge in [0.1, 0.15) is 0 Å². The molecule has 1 saturated heterocycles. The van der Waals surface area contributed by atoms with Crippen LogP contribution in [-0.2, 0) is 20.1 Å². The van der Waals surface area contributed by atoms with Crippen molar-refractivity contribution < 1.29 is 0 Å². The van der Waals surface area contributed by atoms with E-state index < -0.39 is 0 Å². The Labute approximate surface area is 210 Å². The van der Waals surface area contributed by atoms with Crippen LogP contribution in [0, 0.1) is 0 Å². The Hall–Kier alpha value is -1.65. The Kier molecular flexibility index (Phi) is 10.9. The van der Waals surface area contributed by atoms with Gasteiger partial charge in [-0.25, -0.2) is 0 Å². The van der Waals surface area contributed by atoms with E-state index in [1.807, 2.05) is 18.8 Å². The average Bonchev–Trinajstić information content (AvgIpc) is 3.13. The quantitative estimate of drug-likeness (QED) is 0.310. The van der Waals surface area contributed by atoms with Crippen molar-refractivity contribution in [2.45, 2.75) is 32.9 Å². The number of aliphatic imine (C=N–C) groups is 1. The Morgan fingerprint density at radius 3 is 2.41 bits per heavy atom. The second-order valence-corrected chi connectivity index (χ2v) is 8.80. The fourth-order valence-electron chi connectivity index (χ4n) is 4.22. The third-order valence-electron chi connectivity index (χ3n) is 5.89. The second kappa shape index (κ2) is 13.2. The molecule has 0 unspecified atom stereocenters. The van der Waals surface area contributed by atoms with E-state index in [-0.39, 0.29) is 24.0 Å². The van der Waals surface area contributed by atoms with E-state index in [1.54, 1.807) is 0 Å². The Morgan fingerprint density at radius 1 is 1.12 bits per heavy atom. The summed E-state index contributed by atoms with van der Waals surface area (Å²) in [7, 11) is 5.94. The van der Waals surface area contributed by atoms with Crippen LogP contribution in [0.3, 0.4) is 0 Å². The van der Waals surface area contributed by atoms with Crippen molar-refractivity contribution in [2.75, 3.05) is 53.4 Å². The first-order chi connectivity index (χ1) is 15.0. The van der Waals surface area contributed by atoms with Gasteiger partial charge in [0.15, 0.2) is 5.96 Å². The number of nitrogens with one attached hydrogen (secondary N) is 1. The number of halogens is 1. The number of benzene rings is 1. The van der Waals surface area contributed by atoms with E-state index in [4.69, 9.17) is 0 Å². The van der Waals surface area contributed by atoms with Crippen molar-refractivity contribution in [3.63, 3.8) is 0 Å². The number of hydrogen-bond acceptors (Lipinski definition) is 4. The molecule has 2 aromatic rings. The fourth-order valence-corrected chi connectivity index (χ4v) is 4.22. The minimum Gasteiger partial charge on any atom is -0.355 e. The van der Waals surface area contributed by atoms with Crippen molar-refractivity contribution in [3.05, 3.63) is 53.3 Å². The van der Waals surface area contributed by atoms with Crippen LogP contribution in [0.2, 0.25) is 0 Å². The third-order valence-corrected chi connectivity index (χ3v) is 5.89. The molecule has 0 atom stereocenters. The molecule has 1 aliphatic heterocycles. The Bertz CT molecular complexity index is 826. The van der Waals surface area contributed by atoms with Gasteiger partial charge in [0.25, 0.3) is 0 Å². The minimum atomic E-state index is 0. The summed E-state index contributed by atoms with van der Waals surface area (Å²) in [5.74, 6) is 1.35. The predicted molar refractivity (Wildman–Crippen MR) is 144 cm³/mol. The lowest BCUT2D eigenvalue weighted by Gasteiger charge is -2.35. The molecule has 178 valence electrons. The van der Waals surface area contributed by atoms with Crippen LogP contribution >= 0.6 is 24.0 Å².